The van der Waals surface area contributed by atoms with Crippen molar-refractivity contribution in [3.63, 3.8) is 0 Å². The molecule has 2 unspecified atom stereocenters. The van der Waals surface area contributed by atoms with Gasteiger partial charge < -0.3 is 15.7 Å². The summed E-state index contributed by atoms with van der Waals surface area (Å²) < 4.78 is 0. The smallest absolute Gasteiger partial charge is 0.0739 e. The second-order valence-electron chi connectivity index (χ2n) is 7.79. The summed E-state index contributed by atoms with van der Waals surface area (Å²) in [6.45, 7) is 8.40. The zero-order chi connectivity index (χ0) is 18.3. The number of hydrogen-bond acceptors (Lipinski definition) is 4. The number of nitrogens with two attached hydrogens (primary N) is 1. The molecule has 0 saturated carbocycles. The molecule has 2 aliphatic rings. The van der Waals surface area contributed by atoms with E-state index < -0.39 is 0 Å². The number of aryl methyl sites for hydroxylation is 2. The Balaban J connectivity index is 1.47. The number of aliphatic hydroxyl groups excluding tert-OH is 1. The third-order valence-electron chi connectivity index (χ3n) is 6.13. The molecule has 1 saturated heterocycles. The minimum absolute atomic E-state index is 0.199. The van der Waals surface area contributed by atoms with Crippen LogP contribution in [-0.4, -0.2) is 48.3 Å². The average molecular weight is 351 g/mol. The van der Waals surface area contributed by atoms with Gasteiger partial charge in [0, 0.05) is 50.0 Å². The first-order chi connectivity index (χ1) is 12.5. The number of nitrogen functional groups attached to an aromatic ring is 1. The van der Waals surface area contributed by atoms with Crippen molar-refractivity contribution in [2.24, 2.45) is 0 Å². The monoisotopic (exact) mass is 351 g/mol. The number of hydrogen-bond donors (Lipinski definition) is 2. The van der Waals surface area contributed by atoms with Gasteiger partial charge in [-0.05, 0) is 48.6 Å². The van der Waals surface area contributed by atoms with E-state index in [0.29, 0.717) is 6.42 Å². The van der Waals surface area contributed by atoms with Crippen molar-refractivity contribution in [3.8, 4) is 0 Å². The van der Waals surface area contributed by atoms with Gasteiger partial charge in [0.25, 0.3) is 0 Å². The largest absolute Gasteiger partial charge is 0.398 e. The lowest BCUT2D eigenvalue weighted by Crippen LogP contribution is -2.56. The Morgan fingerprint density at radius 3 is 2.27 bits per heavy atom. The Bertz CT molecular complexity index is 776. The second kappa shape index (κ2) is 6.93. The van der Waals surface area contributed by atoms with E-state index in [4.69, 9.17) is 5.73 Å². The molecule has 0 radical (unpaired) electrons. The van der Waals surface area contributed by atoms with Gasteiger partial charge in [-0.1, -0.05) is 30.3 Å². The van der Waals surface area contributed by atoms with E-state index in [1.54, 1.807) is 0 Å². The summed E-state index contributed by atoms with van der Waals surface area (Å²) in [7, 11) is 0. The van der Waals surface area contributed by atoms with Crippen molar-refractivity contribution in [2.45, 2.75) is 38.8 Å². The zero-order valence-electron chi connectivity index (χ0n) is 15.8. The molecule has 0 aromatic heterocycles. The molecule has 2 aromatic rings. The van der Waals surface area contributed by atoms with E-state index in [0.717, 1.165) is 43.9 Å². The predicted octanol–water partition coefficient (Wildman–Crippen LogP) is 2.54. The fraction of sp³-hybridized carbons (Fsp3) is 0.455. The normalized spacial score (nSPS) is 23.7. The van der Waals surface area contributed by atoms with Crippen molar-refractivity contribution in [1.82, 2.24) is 4.90 Å². The molecule has 1 heterocycles. The Kier molecular flexibility index (Phi) is 4.63. The van der Waals surface area contributed by atoms with Crippen LogP contribution in [0.15, 0.2) is 36.4 Å². The van der Waals surface area contributed by atoms with Crippen LogP contribution in [0.25, 0.3) is 0 Å². The third kappa shape index (κ3) is 3.08. The van der Waals surface area contributed by atoms with Crippen LogP contribution in [0, 0.1) is 13.8 Å². The van der Waals surface area contributed by atoms with Crippen molar-refractivity contribution in [1.29, 1.82) is 0 Å². The Hall–Kier alpha value is -2.04. The first-order valence-electron chi connectivity index (χ1n) is 9.64. The highest BCUT2D eigenvalue weighted by atomic mass is 16.3. The first-order valence-corrected chi connectivity index (χ1v) is 9.64. The molecule has 4 rings (SSSR count). The highest BCUT2D eigenvalue weighted by molar-refractivity contribution is 5.59. The molecule has 138 valence electrons. The lowest BCUT2D eigenvalue weighted by atomic mass is 9.84. The third-order valence-corrected chi connectivity index (χ3v) is 6.13. The average Bonchev–Trinajstić information content (AvgIpc) is 2.63. The lowest BCUT2D eigenvalue weighted by molar-refractivity contribution is 0.0396. The van der Waals surface area contributed by atoms with Gasteiger partial charge in [-0.3, -0.25) is 4.90 Å². The van der Waals surface area contributed by atoms with Crippen molar-refractivity contribution in [3.05, 3.63) is 58.7 Å². The topological polar surface area (TPSA) is 52.7 Å². The molecule has 4 heteroatoms. The molecular formula is C22H29N3O. The first kappa shape index (κ1) is 17.4. The van der Waals surface area contributed by atoms with Crippen LogP contribution in [0.5, 0.6) is 0 Å². The predicted molar refractivity (Wildman–Crippen MR) is 108 cm³/mol. The zero-order valence-corrected chi connectivity index (χ0v) is 15.8. The van der Waals surface area contributed by atoms with Crippen LogP contribution in [0.2, 0.25) is 0 Å². The summed E-state index contributed by atoms with van der Waals surface area (Å²) in [6.07, 6.45) is 1.23. The Morgan fingerprint density at radius 2 is 1.58 bits per heavy atom. The van der Waals surface area contributed by atoms with Crippen LogP contribution in [0.4, 0.5) is 11.4 Å². The van der Waals surface area contributed by atoms with Gasteiger partial charge >= 0.3 is 0 Å². The molecule has 3 N–H and O–H groups in total. The van der Waals surface area contributed by atoms with E-state index >= 15 is 0 Å². The van der Waals surface area contributed by atoms with Crippen molar-refractivity contribution < 1.29 is 5.11 Å². The maximum absolute atomic E-state index is 10.8. The van der Waals surface area contributed by atoms with Gasteiger partial charge in [0.2, 0.25) is 0 Å². The maximum atomic E-state index is 10.8. The molecule has 0 amide bonds. The summed E-state index contributed by atoms with van der Waals surface area (Å²) >= 11 is 0. The van der Waals surface area contributed by atoms with Gasteiger partial charge in [-0.15, -0.1) is 0 Å². The van der Waals surface area contributed by atoms with Gasteiger partial charge in [0.15, 0.2) is 0 Å². The quantitative estimate of drug-likeness (QED) is 0.817. The molecule has 0 spiro atoms. The molecule has 2 aromatic carbocycles. The summed E-state index contributed by atoms with van der Waals surface area (Å²) in [5.41, 5.74) is 13.5. The van der Waals surface area contributed by atoms with Crippen LogP contribution in [0.1, 0.15) is 22.3 Å². The van der Waals surface area contributed by atoms with Crippen LogP contribution < -0.4 is 10.6 Å². The van der Waals surface area contributed by atoms with Crippen molar-refractivity contribution in [2.75, 3.05) is 36.8 Å². The van der Waals surface area contributed by atoms with Crippen LogP contribution in [-0.2, 0) is 12.8 Å². The Labute approximate surface area is 156 Å². The molecular weight excluding hydrogens is 322 g/mol. The number of anilines is 2. The van der Waals surface area contributed by atoms with Gasteiger partial charge in [-0.25, -0.2) is 0 Å². The SMILES string of the molecule is Cc1cccc(C)c1N1CCN(C2Cc3cccc(N)c3CC2O)CC1. The second-order valence-corrected chi connectivity index (χ2v) is 7.79. The van der Waals surface area contributed by atoms with E-state index in [1.807, 2.05) is 12.1 Å². The highest BCUT2D eigenvalue weighted by Gasteiger charge is 2.34. The molecule has 4 nitrogen and oxygen atoms in total. The fourth-order valence-corrected chi connectivity index (χ4v) is 4.76. The molecule has 1 aliphatic heterocycles. The summed E-state index contributed by atoms with van der Waals surface area (Å²) in [4.78, 5) is 4.98. The van der Waals surface area contributed by atoms with E-state index in [1.165, 1.54) is 22.4 Å². The number of piperazine rings is 1. The highest BCUT2D eigenvalue weighted by Crippen LogP contribution is 2.31. The summed E-state index contributed by atoms with van der Waals surface area (Å²) in [5, 5.41) is 10.8. The number of para-hydroxylation sites is 1. The van der Waals surface area contributed by atoms with E-state index in [-0.39, 0.29) is 12.1 Å². The maximum Gasteiger partial charge on any atom is 0.0739 e. The van der Waals surface area contributed by atoms with Crippen LogP contribution in [0.3, 0.4) is 0 Å². The fourth-order valence-electron chi connectivity index (χ4n) is 4.76. The molecule has 1 aliphatic carbocycles. The summed E-state index contributed by atoms with van der Waals surface area (Å²) in [6, 6.07) is 12.9. The molecule has 0 bridgehead atoms. The number of aliphatic hydroxyl groups is 1. The molecule has 2 atom stereocenters. The molecule has 1 fully saturated rings. The number of rotatable bonds is 2. The summed E-state index contributed by atoms with van der Waals surface area (Å²) in [5.74, 6) is 0. The number of benzene rings is 2. The molecule has 26 heavy (non-hydrogen) atoms. The van der Waals surface area contributed by atoms with Gasteiger partial charge in [0.05, 0.1) is 6.10 Å². The number of fused-ring (bicyclic) bond motifs is 1. The Morgan fingerprint density at radius 1 is 0.923 bits per heavy atom. The standard InChI is InChI=1S/C22H29N3O/c1-15-5-3-6-16(2)22(15)25-11-9-24(10-12-25)20-13-17-7-4-8-19(23)18(17)14-21(20)26/h3-8,20-21,26H,9-14,23H2,1-2H3. The minimum atomic E-state index is -0.334. The van der Waals surface area contributed by atoms with E-state index in [2.05, 4.69) is 47.9 Å². The van der Waals surface area contributed by atoms with Crippen molar-refractivity contribution >= 4 is 11.4 Å². The van der Waals surface area contributed by atoms with Gasteiger partial charge in [0.1, 0.15) is 0 Å². The van der Waals surface area contributed by atoms with E-state index in [9.17, 15) is 5.11 Å². The minimum Gasteiger partial charge on any atom is -0.398 e. The number of nitrogens with zero attached hydrogens (tertiary/aromatic N) is 2. The lowest BCUT2D eigenvalue weighted by Gasteiger charge is -2.44. The van der Waals surface area contributed by atoms with Crippen LogP contribution >= 0.6 is 0 Å². The van der Waals surface area contributed by atoms with Gasteiger partial charge in [-0.2, -0.15) is 0 Å².